The van der Waals surface area contributed by atoms with E-state index in [9.17, 15) is 4.79 Å². The third kappa shape index (κ3) is 3.66. The van der Waals surface area contributed by atoms with Gasteiger partial charge in [-0.3, -0.25) is 4.79 Å². The quantitative estimate of drug-likeness (QED) is 0.749. The van der Waals surface area contributed by atoms with E-state index in [0.29, 0.717) is 37.0 Å². The van der Waals surface area contributed by atoms with Crippen molar-refractivity contribution >= 4 is 17.2 Å². The molecular formula is C22H23N3OS. The highest BCUT2D eigenvalue weighted by atomic mass is 32.1. The molecule has 1 aliphatic heterocycles. The van der Waals surface area contributed by atoms with E-state index in [2.05, 4.69) is 17.1 Å². The van der Waals surface area contributed by atoms with Gasteiger partial charge in [-0.05, 0) is 37.1 Å². The van der Waals surface area contributed by atoms with E-state index in [-0.39, 0.29) is 5.91 Å². The second kappa shape index (κ2) is 7.62. The molecule has 2 heterocycles. The smallest absolute Gasteiger partial charge is 0.253 e. The van der Waals surface area contributed by atoms with Gasteiger partial charge in [0.15, 0.2) is 0 Å². The zero-order valence-electron chi connectivity index (χ0n) is 15.3. The maximum atomic E-state index is 13.1. The number of aromatic nitrogens is 1. The molecule has 0 spiro atoms. The molecule has 0 radical (unpaired) electrons. The number of carbonyl (C=O) groups excluding carboxylic acids is 1. The van der Waals surface area contributed by atoms with Crippen molar-refractivity contribution in [2.24, 2.45) is 11.7 Å². The lowest BCUT2D eigenvalue weighted by Crippen LogP contribution is -2.29. The fourth-order valence-electron chi connectivity index (χ4n) is 3.84. The maximum Gasteiger partial charge on any atom is 0.253 e. The SMILES string of the molecule is Cc1nc(-c2cccc(C(=O)N3C[C@@H](CN)[C@H](c4ccccc4)C3)c2)cs1. The van der Waals surface area contributed by atoms with Crippen LogP contribution in [-0.4, -0.2) is 35.4 Å². The van der Waals surface area contributed by atoms with Crippen molar-refractivity contribution in [3.63, 3.8) is 0 Å². The lowest BCUT2D eigenvalue weighted by Gasteiger charge is -2.17. The molecule has 1 fully saturated rings. The lowest BCUT2D eigenvalue weighted by molar-refractivity contribution is 0.0786. The molecule has 0 unspecified atom stereocenters. The molecule has 5 heteroatoms. The van der Waals surface area contributed by atoms with Crippen LogP contribution in [0.4, 0.5) is 0 Å². The molecule has 2 N–H and O–H groups in total. The molecule has 1 aliphatic rings. The van der Waals surface area contributed by atoms with E-state index in [4.69, 9.17) is 5.73 Å². The van der Waals surface area contributed by atoms with Gasteiger partial charge in [0.2, 0.25) is 0 Å². The van der Waals surface area contributed by atoms with Gasteiger partial charge in [-0.2, -0.15) is 0 Å². The molecule has 1 aromatic heterocycles. The molecule has 0 bridgehead atoms. The van der Waals surface area contributed by atoms with Crippen LogP contribution in [0.25, 0.3) is 11.3 Å². The van der Waals surface area contributed by atoms with Crippen LogP contribution in [0.15, 0.2) is 60.0 Å². The first-order valence-corrected chi connectivity index (χ1v) is 10.1. The molecule has 2 aromatic carbocycles. The first-order valence-electron chi connectivity index (χ1n) is 9.22. The Bertz CT molecular complexity index is 937. The summed E-state index contributed by atoms with van der Waals surface area (Å²) in [6, 6.07) is 18.2. The maximum absolute atomic E-state index is 13.1. The number of nitrogens with zero attached hydrogens (tertiary/aromatic N) is 2. The summed E-state index contributed by atoms with van der Waals surface area (Å²) in [4.78, 5) is 19.6. The van der Waals surface area contributed by atoms with Crippen LogP contribution < -0.4 is 5.73 Å². The van der Waals surface area contributed by atoms with Crippen LogP contribution in [0.3, 0.4) is 0 Å². The highest BCUT2D eigenvalue weighted by Crippen LogP contribution is 2.33. The minimum Gasteiger partial charge on any atom is -0.338 e. The van der Waals surface area contributed by atoms with E-state index < -0.39 is 0 Å². The van der Waals surface area contributed by atoms with Gasteiger partial charge in [0.25, 0.3) is 5.91 Å². The molecule has 1 saturated heterocycles. The predicted molar refractivity (Wildman–Crippen MR) is 110 cm³/mol. The van der Waals surface area contributed by atoms with Gasteiger partial charge in [0.1, 0.15) is 0 Å². The first-order chi connectivity index (χ1) is 13.2. The zero-order valence-corrected chi connectivity index (χ0v) is 16.2. The molecule has 4 nitrogen and oxygen atoms in total. The lowest BCUT2D eigenvalue weighted by atomic mass is 9.89. The summed E-state index contributed by atoms with van der Waals surface area (Å²) in [6.07, 6.45) is 0. The fraction of sp³-hybridized carbons (Fsp3) is 0.273. The highest BCUT2D eigenvalue weighted by molar-refractivity contribution is 7.09. The van der Waals surface area contributed by atoms with Gasteiger partial charge in [-0.1, -0.05) is 42.5 Å². The average molecular weight is 378 g/mol. The predicted octanol–water partition coefficient (Wildman–Crippen LogP) is 3.93. The Hall–Kier alpha value is -2.50. The van der Waals surface area contributed by atoms with Gasteiger partial charge in [-0.25, -0.2) is 4.98 Å². The van der Waals surface area contributed by atoms with E-state index in [1.165, 1.54) is 5.56 Å². The molecule has 1 amide bonds. The van der Waals surface area contributed by atoms with Gasteiger partial charge >= 0.3 is 0 Å². The van der Waals surface area contributed by atoms with Crippen molar-refractivity contribution in [1.29, 1.82) is 0 Å². The molecule has 3 aromatic rings. The number of rotatable bonds is 4. The number of aryl methyl sites for hydroxylation is 1. The van der Waals surface area contributed by atoms with Crippen LogP contribution in [0.1, 0.15) is 26.8 Å². The number of hydrogen-bond acceptors (Lipinski definition) is 4. The normalized spacial score (nSPS) is 19.4. The minimum atomic E-state index is 0.0701. The van der Waals surface area contributed by atoms with Gasteiger partial charge in [0, 0.05) is 35.5 Å². The number of nitrogens with two attached hydrogens (primary N) is 1. The van der Waals surface area contributed by atoms with Crippen molar-refractivity contribution in [3.8, 4) is 11.3 Å². The molecule has 4 rings (SSSR count). The number of carbonyl (C=O) groups is 1. The van der Waals surface area contributed by atoms with E-state index in [1.807, 2.05) is 59.7 Å². The van der Waals surface area contributed by atoms with Crippen LogP contribution in [0, 0.1) is 12.8 Å². The number of likely N-dealkylation sites (tertiary alicyclic amines) is 1. The summed E-state index contributed by atoms with van der Waals surface area (Å²) in [6.45, 7) is 3.99. The standard InChI is InChI=1S/C22H23N3OS/c1-15-24-21(14-27-15)17-8-5-9-18(10-17)22(26)25-12-19(11-23)20(13-25)16-6-3-2-4-7-16/h2-10,14,19-20H,11-13,23H2,1H3/t19-,20+/m1/s1. The molecule has 2 atom stereocenters. The topological polar surface area (TPSA) is 59.2 Å². The summed E-state index contributed by atoms with van der Waals surface area (Å²) in [5.41, 5.74) is 9.90. The van der Waals surface area contributed by atoms with Crippen LogP contribution in [0.5, 0.6) is 0 Å². The minimum absolute atomic E-state index is 0.0701. The number of hydrogen-bond donors (Lipinski definition) is 1. The summed E-state index contributed by atoms with van der Waals surface area (Å²) < 4.78 is 0. The number of amides is 1. The largest absolute Gasteiger partial charge is 0.338 e. The second-order valence-electron chi connectivity index (χ2n) is 7.06. The van der Waals surface area contributed by atoms with Crippen LogP contribution >= 0.6 is 11.3 Å². The number of thiazole rings is 1. The molecule has 0 aliphatic carbocycles. The Morgan fingerprint density at radius 2 is 2.00 bits per heavy atom. The van der Waals surface area contributed by atoms with Crippen molar-refractivity contribution in [3.05, 3.63) is 76.1 Å². The molecule has 138 valence electrons. The Kier molecular flexibility index (Phi) is 5.05. The Labute approximate surface area is 163 Å². The fourth-order valence-corrected chi connectivity index (χ4v) is 4.47. The monoisotopic (exact) mass is 377 g/mol. The van der Waals surface area contributed by atoms with E-state index >= 15 is 0 Å². The molecule has 27 heavy (non-hydrogen) atoms. The van der Waals surface area contributed by atoms with E-state index in [0.717, 1.165) is 16.3 Å². The Balaban J connectivity index is 1.56. The highest BCUT2D eigenvalue weighted by Gasteiger charge is 2.35. The first kappa shape index (κ1) is 17.9. The average Bonchev–Trinajstić information content (AvgIpc) is 3.34. The van der Waals surface area contributed by atoms with Crippen molar-refractivity contribution in [1.82, 2.24) is 9.88 Å². The van der Waals surface area contributed by atoms with Crippen molar-refractivity contribution in [2.45, 2.75) is 12.8 Å². The van der Waals surface area contributed by atoms with Crippen molar-refractivity contribution < 1.29 is 4.79 Å². The summed E-state index contributed by atoms with van der Waals surface area (Å²) in [5, 5.41) is 3.06. The van der Waals surface area contributed by atoms with Crippen LogP contribution in [0.2, 0.25) is 0 Å². The van der Waals surface area contributed by atoms with Crippen LogP contribution in [-0.2, 0) is 0 Å². The van der Waals surface area contributed by atoms with E-state index in [1.54, 1.807) is 11.3 Å². The Morgan fingerprint density at radius 1 is 1.19 bits per heavy atom. The summed E-state index contributed by atoms with van der Waals surface area (Å²) >= 11 is 1.62. The second-order valence-corrected chi connectivity index (χ2v) is 8.12. The summed E-state index contributed by atoms with van der Waals surface area (Å²) in [5.74, 6) is 0.658. The molecular weight excluding hydrogens is 354 g/mol. The zero-order chi connectivity index (χ0) is 18.8. The molecule has 0 saturated carbocycles. The Morgan fingerprint density at radius 3 is 2.70 bits per heavy atom. The summed E-state index contributed by atoms with van der Waals surface area (Å²) in [7, 11) is 0. The number of benzene rings is 2. The van der Waals surface area contributed by atoms with Crippen molar-refractivity contribution in [2.75, 3.05) is 19.6 Å². The van der Waals surface area contributed by atoms with Gasteiger partial charge in [-0.15, -0.1) is 11.3 Å². The third-order valence-corrected chi connectivity index (χ3v) is 6.06. The third-order valence-electron chi connectivity index (χ3n) is 5.28. The van der Waals surface area contributed by atoms with Gasteiger partial charge < -0.3 is 10.6 Å². The van der Waals surface area contributed by atoms with Gasteiger partial charge in [0.05, 0.1) is 10.7 Å².